The summed E-state index contributed by atoms with van der Waals surface area (Å²) in [7, 11) is 2.99. The van der Waals surface area contributed by atoms with Gasteiger partial charge in [0.05, 0.1) is 7.11 Å². The van der Waals surface area contributed by atoms with Gasteiger partial charge in [-0.25, -0.2) is 10.0 Å². The molecule has 1 aromatic heterocycles. The molecule has 1 amide bonds. The van der Waals surface area contributed by atoms with Crippen LogP contribution in [-0.2, 0) is 4.84 Å². The fourth-order valence-corrected chi connectivity index (χ4v) is 0.906. The van der Waals surface area contributed by atoms with Crippen molar-refractivity contribution < 1.29 is 9.63 Å². The minimum atomic E-state index is -0.244. The topological polar surface area (TPSA) is 42.4 Å². The molecule has 1 aromatic rings. The second kappa shape index (κ2) is 4.00. The first-order chi connectivity index (χ1) is 6.15. The van der Waals surface area contributed by atoms with Crippen molar-refractivity contribution in [1.29, 1.82) is 0 Å². The van der Waals surface area contributed by atoms with Crippen molar-refractivity contribution in [3.8, 4) is 0 Å². The van der Waals surface area contributed by atoms with Crippen molar-refractivity contribution in [2.45, 2.75) is 6.92 Å². The number of aryl methyl sites for hydroxylation is 1. The monoisotopic (exact) mass is 180 g/mol. The molecule has 0 saturated heterocycles. The van der Waals surface area contributed by atoms with Crippen molar-refractivity contribution in [3.63, 3.8) is 0 Å². The van der Waals surface area contributed by atoms with E-state index in [1.807, 2.05) is 13.0 Å². The summed E-state index contributed by atoms with van der Waals surface area (Å²) in [6.07, 6.45) is 0. The van der Waals surface area contributed by atoms with Crippen molar-refractivity contribution in [2.24, 2.45) is 0 Å². The normalized spacial score (nSPS) is 9.77. The van der Waals surface area contributed by atoms with Crippen LogP contribution in [0.3, 0.4) is 0 Å². The highest BCUT2D eigenvalue weighted by atomic mass is 16.7. The molecule has 0 saturated carbocycles. The first-order valence-corrected chi connectivity index (χ1v) is 3.91. The third-order valence-corrected chi connectivity index (χ3v) is 1.67. The zero-order chi connectivity index (χ0) is 9.84. The maximum atomic E-state index is 11.5. The number of hydroxylamine groups is 2. The van der Waals surface area contributed by atoms with Gasteiger partial charge in [-0.3, -0.25) is 9.63 Å². The Kier molecular flexibility index (Phi) is 2.97. The van der Waals surface area contributed by atoms with Gasteiger partial charge in [-0.1, -0.05) is 6.07 Å². The summed E-state index contributed by atoms with van der Waals surface area (Å²) >= 11 is 0. The van der Waals surface area contributed by atoms with Crippen LogP contribution in [0.5, 0.6) is 0 Å². The highest BCUT2D eigenvalue weighted by Crippen LogP contribution is 2.01. The van der Waals surface area contributed by atoms with E-state index in [1.165, 1.54) is 7.11 Å². The van der Waals surface area contributed by atoms with Gasteiger partial charge in [0.1, 0.15) is 5.69 Å². The molecular formula is C9H12N2O2. The van der Waals surface area contributed by atoms with E-state index in [1.54, 1.807) is 19.2 Å². The highest BCUT2D eigenvalue weighted by molar-refractivity contribution is 5.91. The van der Waals surface area contributed by atoms with Crippen LogP contribution in [0.2, 0.25) is 0 Å². The molecular weight excluding hydrogens is 168 g/mol. The number of pyridine rings is 1. The van der Waals surface area contributed by atoms with Crippen LogP contribution < -0.4 is 0 Å². The number of aromatic nitrogens is 1. The fraction of sp³-hybridized carbons (Fsp3) is 0.333. The fourth-order valence-electron chi connectivity index (χ4n) is 0.906. The third-order valence-electron chi connectivity index (χ3n) is 1.67. The number of rotatable bonds is 2. The third kappa shape index (κ3) is 2.26. The van der Waals surface area contributed by atoms with Gasteiger partial charge >= 0.3 is 0 Å². The summed E-state index contributed by atoms with van der Waals surface area (Å²) < 4.78 is 0. The van der Waals surface area contributed by atoms with Crippen LogP contribution in [0.25, 0.3) is 0 Å². The van der Waals surface area contributed by atoms with Gasteiger partial charge in [-0.2, -0.15) is 0 Å². The van der Waals surface area contributed by atoms with Crippen LogP contribution in [0.4, 0.5) is 0 Å². The minimum absolute atomic E-state index is 0.244. The molecule has 0 N–H and O–H groups in total. The highest BCUT2D eigenvalue weighted by Gasteiger charge is 2.11. The summed E-state index contributed by atoms with van der Waals surface area (Å²) in [6, 6.07) is 5.29. The largest absolute Gasteiger partial charge is 0.295 e. The van der Waals surface area contributed by atoms with Gasteiger partial charge < -0.3 is 0 Å². The first kappa shape index (κ1) is 9.67. The number of carbonyl (C=O) groups is 1. The number of carbonyl (C=O) groups excluding carboxylic acids is 1. The summed E-state index contributed by atoms with van der Waals surface area (Å²) in [5.74, 6) is -0.244. The molecule has 0 atom stereocenters. The number of hydrogen-bond donors (Lipinski definition) is 0. The van der Waals surface area contributed by atoms with E-state index in [9.17, 15) is 4.79 Å². The predicted molar refractivity (Wildman–Crippen MR) is 48.1 cm³/mol. The lowest BCUT2D eigenvalue weighted by molar-refractivity contribution is -0.0760. The Morgan fingerprint density at radius 3 is 2.77 bits per heavy atom. The molecule has 0 aliphatic heterocycles. The predicted octanol–water partition coefficient (Wildman–Crippen LogP) is 1.02. The zero-order valence-corrected chi connectivity index (χ0v) is 7.94. The van der Waals surface area contributed by atoms with Gasteiger partial charge in [-0.15, -0.1) is 0 Å². The first-order valence-electron chi connectivity index (χ1n) is 3.91. The van der Waals surface area contributed by atoms with Crippen LogP contribution in [0, 0.1) is 6.92 Å². The lowest BCUT2D eigenvalue weighted by Gasteiger charge is -2.12. The Morgan fingerprint density at radius 2 is 2.23 bits per heavy atom. The minimum Gasteiger partial charge on any atom is -0.274 e. The maximum Gasteiger partial charge on any atom is 0.295 e. The molecule has 0 radical (unpaired) electrons. The SMILES string of the molecule is CON(C)C(=O)c1cccc(C)n1. The van der Waals surface area contributed by atoms with E-state index in [0.717, 1.165) is 10.8 Å². The zero-order valence-electron chi connectivity index (χ0n) is 7.94. The molecule has 1 heterocycles. The molecule has 70 valence electrons. The standard InChI is InChI=1S/C9H12N2O2/c1-7-5-4-6-8(10-7)9(12)11(2)13-3/h4-6H,1-3H3. The molecule has 1 rings (SSSR count). The Morgan fingerprint density at radius 1 is 1.54 bits per heavy atom. The van der Waals surface area contributed by atoms with Crippen molar-refractivity contribution in [3.05, 3.63) is 29.6 Å². The molecule has 0 aromatic carbocycles. The quantitative estimate of drug-likeness (QED) is 0.638. The summed E-state index contributed by atoms with van der Waals surface area (Å²) in [4.78, 5) is 20.3. The molecule has 0 bridgehead atoms. The Hall–Kier alpha value is -1.42. The van der Waals surface area contributed by atoms with Crippen molar-refractivity contribution in [1.82, 2.24) is 10.0 Å². The molecule has 0 aliphatic rings. The van der Waals surface area contributed by atoms with Crippen LogP contribution in [-0.4, -0.2) is 30.1 Å². The van der Waals surface area contributed by atoms with Crippen LogP contribution in [0.15, 0.2) is 18.2 Å². The van der Waals surface area contributed by atoms with Gasteiger partial charge in [-0.05, 0) is 19.1 Å². The van der Waals surface area contributed by atoms with Crippen molar-refractivity contribution >= 4 is 5.91 Å². The molecule has 4 nitrogen and oxygen atoms in total. The van der Waals surface area contributed by atoms with E-state index in [0.29, 0.717) is 5.69 Å². The van der Waals surface area contributed by atoms with Gasteiger partial charge in [0, 0.05) is 12.7 Å². The van der Waals surface area contributed by atoms with E-state index in [-0.39, 0.29) is 5.91 Å². The second-order valence-electron chi connectivity index (χ2n) is 2.65. The lowest BCUT2D eigenvalue weighted by atomic mass is 10.3. The number of hydrogen-bond acceptors (Lipinski definition) is 3. The molecule has 13 heavy (non-hydrogen) atoms. The van der Waals surface area contributed by atoms with E-state index in [2.05, 4.69) is 4.98 Å². The Bertz CT molecular complexity index is 312. The van der Waals surface area contributed by atoms with Crippen LogP contribution >= 0.6 is 0 Å². The van der Waals surface area contributed by atoms with E-state index < -0.39 is 0 Å². The second-order valence-corrected chi connectivity index (χ2v) is 2.65. The molecule has 0 unspecified atom stereocenters. The number of amides is 1. The number of nitrogens with zero attached hydrogens (tertiary/aromatic N) is 2. The summed E-state index contributed by atoms with van der Waals surface area (Å²) in [6.45, 7) is 1.84. The van der Waals surface area contributed by atoms with E-state index in [4.69, 9.17) is 4.84 Å². The lowest BCUT2D eigenvalue weighted by Crippen LogP contribution is -2.26. The van der Waals surface area contributed by atoms with Gasteiger partial charge in [0.25, 0.3) is 5.91 Å². The van der Waals surface area contributed by atoms with Gasteiger partial charge in [0.15, 0.2) is 0 Å². The maximum absolute atomic E-state index is 11.5. The average molecular weight is 180 g/mol. The molecule has 4 heteroatoms. The summed E-state index contributed by atoms with van der Waals surface area (Å²) in [5.41, 5.74) is 1.21. The molecule has 0 fully saturated rings. The average Bonchev–Trinajstić information content (AvgIpc) is 2.15. The van der Waals surface area contributed by atoms with Crippen LogP contribution in [0.1, 0.15) is 16.2 Å². The van der Waals surface area contributed by atoms with E-state index >= 15 is 0 Å². The molecule has 0 aliphatic carbocycles. The smallest absolute Gasteiger partial charge is 0.274 e. The Labute approximate surface area is 77.1 Å². The summed E-state index contributed by atoms with van der Waals surface area (Å²) in [5, 5.41) is 1.14. The van der Waals surface area contributed by atoms with Gasteiger partial charge in [0.2, 0.25) is 0 Å². The molecule has 0 spiro atoms. The van der Waals surface area contributed by atoms with Crippen molar-refractivity contribution in [2.75, 3.05) is 14.2 Å². The Balaban J connectivity index is 2.89.